The van der Waals surface area contributed by atoms with Crippen LogP contribution in [-0.4, -0.2) is 21.3 Å². The molecular weight excluding hydrogens is 270 g/mol. The highest BCUT2D eigenvalue weighted by atomic mass is 15.1. The lowest BCUT2D eigenvalue weighted by atomic mass is 9.53. The van der Waals surface area contributed by atoms with Gasteiger partial charge in [-0.25, -0.2) is 4.98 Å². The van der Waals surface area contributed by atoms with Gasteiger partial charge < -0.3 is 4.57 Å². The van der Waals surface area contributed by atoms with Crippen molar-refractivity contribution in [1.29, 1.82) is 0 Å². The Bertz CT molecular complexity index is 720. The van der Waals surface area contributed by atoms with Gasteiger partial charge in [0.15, 0.2) is 5.82 Å². The second-order valence-electron chi connectivity index (χ2n) is 7.92. The van der Waals surface area contributed by atoms with Crippen LogP contribution in [0.3, 0.4) is 0 Å². The van der Waals surface area contributed by atoms with Gasteiger partial charge in [0.2, 0.25) is 0 Å². The highest BCUT2D eigenvalue weighted by molar-refractivity contribution is 5.85. The summed E-state index contributed by atoms with van der Waals surface area (Å²) in [5, 5.41) is 0. The van der Waals surface area contributed by atoms with Crippen LogP contribution < -0.4 is 0 Å². The second kappa shape index (κ2) is 4.43. The molecule has 0 radical (unpaired) electrons. The third-order valence-electron chi connectivity index (χ3n) is 6.28. The van der Waals surface area contributed by atoms with Gasteiger partial charge in [0.25, 0.3) is 0 Å². The molecule has 0 N–H and O–H groups in total. The number of rotatable bonds is 2. The van der Waals surface area contributed by atoms with Gasteiger partial charge in [-0.3, -0.25) is 4.99 Å². The van der Waals surface area contributed by atoms with Gasteiger partial charge in [-0.15, -0.1) is 0 Å². The van der Waals surface area contributed by atoms with E-state index in [4.69, 9.17) is 9.98 Å². The van der Waals surface area contributed by atoms with Gasteiger partial charge >= 0.3 is 0 Å². The van der Waals surface area contributed by atoms with Crippen molar-refractivity contribution in [3.63, 3.8) is 0 Å². The minimum Gasteiger partial charge on any atom is -0.326 e. The molecule has 3 nitrogen and oxygen atoms in total. The zero-order valence-electron chi connectivity index (χ0n) is 13.2. The van der Waals surface area contributed by atoms with Gasteiger partial charge in [0.05, 0.1) is 22.8 Å². The zero-order valence-corrected chi connectivity index (χ0v) is 13.2. The lowest BCUT2D eigenvalue weighted by Gasteiger charge is -2.54. The number of hydrogen-bond donors (Lipinski definition) is 0. The van der Waals surface area contributed by atoms with E-state index in [0.717, 1.165) is 29.1 Å². The number of aliphatic imine (C=N–C) groups is 1. The van der Waals surface area contributed by atoms with E-state index >= 15 is 0 Å². The van der Waals surface area contributed by atoms with Crippen LogP contribution in [-0.2, 0) is 7.05 Å². The van der Waals surface area contributed by atoms with Crippen LogP contribution in [0.2, 0.25) is 0 Å². The number of aromatic nitrogens is 2. The quantitative estimate of drug-likeness (QED) is 0.771. The Morgan fingerprint density at radius 1 is 1.09 bits per heavy atom. The Kier molecular flexibility index (Phi) is 2.59. The van der Waals surface area contributed by atoms with Crippen LogP contribution >= 0.6 is 0 Å². The van der Waals surface area contributed by atoms with Gasteiger partial charge in [0, 0.05) is 7.05 Å². The number of nitrogens with zero attached hydrogens (tertiary/aromatic N) is 3. The van der Waals surface area contributed by atoms with Crippen molar-refractivity contribution >= 4 is 17.2 Å². The summed E-state index contributed by atoms with van der Waals surface area (Å²) in [5.41, 5.74) is 2.50. The molecule has 0 unspecified atom stereocenters. The predicted octanol–water partition coefficient (Wildman–Crippen LogP) is 3.96. The first kappa shape index (κ1) is 12.9. The monoisotopic (exact) mass is 293 g/mol. The van der Waals surface area contributed by atoms with Crippen molar-refractivity contribution in [3.05, 3.63) is 30.1 Å². The minimum atomic E-state index is 0.243. The predicted molar refractivity (Wildman–Crippen MR) is 89.2 cm³/mol. The largest absolute Gasteiger partial charge is 0.326 e. The van der Waals surface area contributed by atoms with Crippen molar-refractivity contribution in [1.82, 2.24) is 9.55 Å². The first-order chi connectivity index (χ1) is 10.7. The van der Waals surface area contributed by atoms with E-state index in [2.05, 4.69) is 42.1 Å². The fourth-order valence-electron chi connectivity index (χ4n) is 5.70. The van der Waals surface area contributed by atoms with Crippen LogP contribution in [0.4, 0.5) is 0 Å². The summed E-state index contributed by atoms with van der Waals surface area (Å²) in [5.74, 6) is 3.84. The molecule has 4 aliphatic carbocycles. The number of fused-ring (bicyclic) bond motifs is 1. The minimum absolute atomic E-state index is 0.243. The molecule has 1 aromatic carbocycles. The maximum atomic E-state index is 5.13. The Balaban J connectivity index is 1.49. The number of imidazole rings is 1. The molecule has 0 atom stereocenters. The Morgan fingerprint density at radius 2 is 1.73 bits per heavy atom. The van der Waals surface area contributed by atoms with E-state index in [1.165, 1.54) is 44.0 Å². The third kappa shape index (κ3) is 1.87. The molecule has 0 aliphatic heterocycles. The summed E-state index contributed by atoms with van der Waals surface area (Å²) < 4.78 is 2.17. The average Bonchev–Trinajstić information content (AvgIpc) is 2.81. The van der Waals surface area contributed by atoms with Crippen molar-refractivity contribution < 1.29 is 0 Å². The van der Waals surface area contributed by atoms with Crippen molar-refractivity contribution in [3.8, 4) is 0 Å². The molecule has 3 heteroatoms. The van der Waals surface area contributed by atoms with E-state index in [9.17, 15) is 0 Å². The summed E-state index contributed by atoms with van der Waals surface area (Å²) in [6.45, 7) is 0. The molecule has 0 amide bonds. The third-order valence-corrected chi connectivity index (χ3v) is 6.28. The van der Waals surface area contributed by atoms with E-state index < -0.39 is 0 Å². The molecule has 6 rings (SSSR count). The van der Waals surface area contributed by atoms with Gasteiger partial charge in [-0.1, -0.05) is 12.1 Å². The van der Waals surface area contributed by atoms with Crippen LogP contribution in [0.5, 0.6) is 0 Å². The standard InChI is InChI=1S/C19H23N3/c1-22-17-5-3-2-4-16(17)21-18(22)12-20-19-9-13-6-14(10-19)8-15(7-13)11-19/h2-5,12-15H,6-11H2,1H3. The van der Waals surface area contributed by atoms with Crippen LogP contribution in [0.25, 0.3) is 11.0 Å². The molecule has 4 fully saturated rings. The lowest BCUT2D eigenvalue weighted by Crippen LogP contribution is -2.49. The maximum absolute atomic E-state index is 5.13. The van der Waals surface area contributed by atoms with E-state index in [0.29, 0.717) is 0 Å². The molecule has 4 bridgehead atoms. The highest BCUT2D eigenvalue weighted by Gasteiger charge is 2.50. The van der Waals surface area contributed by atoms with Crippen molar-refractivity contribution in [2.75, 3.05) is 0 Å². The molecule has 4 aliphatic rings. The molecule has 2 aromatic rings. The molecule has 4 saturated carbocycles. The van der Waals surface area contributed by atoms with Crippen LogP contribution in [0, 0.1) is 17.8 Å². The highest BCUT2D eigenvalue weighted by Crippen LogP contribution is 2.57. The number of hydrogen-bond acceptors (Lipinski definition) is 2. The molecule has 114 valence electrons. The Labute approximate surface area is 131 Å². The van der Waals surface area contributed by atoms with E-state index in [1.807, 2.05) is 0 Å². The molecular formula is C19H23N3. The normalized spacial score (nSPS) is 36.7. The Morgan fingerprint density at radius 3 is 2.36 bits per heavy atom. The van der Waals surface area contributed by atoms with Crippen LogP contribution in [0.1, 0.15) is 44.3 Å². The summed E-state index contributed by atoms with van der Waals surface area (Å²) in [6, 6.07) is 8.33. The summed E-state index contributed by atoms with van der Waals surface area (Å²) in [7, 11) is 2.09. The van der Waals surface area contributed by atoms with Crippen molar-refractivity contribution in [2.24, 2.45) is 29.8 Å². The molecule has 22 heavy (non-hydrogen) atoms. The number of para-hydroxylation sites is 2. The number of benzene rings is 1. The molecule has 0 saturated heterocycles. The zero-order chi connectivity index (χ0) is 14.7. The number of aryl methyl sites for hydroxylation is 1. The fourth-order valence-corrected chi connectivity index (χ4v) is 5.70. The van der Waals surface area contributed by atoms with Gasteiger partial charge in [0.1, 0.15) is 0 Å². The van der Waals surface area contributed by atoms with E-state index in [-0.39, 0.29) is 5.54 Å². The summed E-state index contributed by atoms with van der Waals surface area (Å²) in [4.78, 5) is 9.88. The van der Waals surface area contributed by atoms with Crippen molar-refractivity contribution in [2.45, 2.75) is 44.1 Å². The summed E-state index contributed by atoms with van der Waals surface area (Å²) in [6.07, 6.45) is 10.4. The topological polar surface area (TPSA) is 30.2 Å². The van der Waals surface area contributed by atoms with Gasteiger partial charge in [-0.2, -0.15) is 0 Å². The fraction of sp³-hybridized carbons (Fsp3) is 0.579. The molecule has 1 heterocycles. The van der Waals surface area contributed by atoms with Gasteiger partial charge in [-0.05, 0) is 68.4 Å². The second-order valence-corrected chi connectivity index (χ2v) is 7.92. The maximum Gasteiger partial charge on any atom is 0.151 e. The first-order valence-electron chi connectivity index (χ1n) is 8.67. The molecule has 1 aromatic heterocycles. The smallest absolute Gasteiger partial charge is 0.151 e. The lowest BCUT2D eigenvalue weighted by molar-refractivity contribution is 0.00193. The van der Waals surface area contributed by atoms with Crippen LogP contribution in [0.15, 0.2) is 29.3 Å². The average molecular weight is 293 g/mol. The SMILES string of the molecule is Cn1c(C=NC23CC4CC(CC(C4)C2)C3)nc2ccccc21. The summed E-state index contributed by atoms with van der Waals surface area (Å²) >= 11 is 0. The van der Waals surface area contributed by atoms with E-state index in [1.54, 1.807) is 0 Å². The molecule has 0 spiro atoms. The first-order valence-corrected chi connectivity index (χ1v) is 8.67. The Hall–Kier alpha value is -1.64.